The van der Waals surface area contributed by atoms with E-state index in [4.69, 9.17) is 11.6 Å². The van der Waals surface area contributed by atoms with Crippen molar-refractivity contribution in [1.29, 1.82) is 0 Å². The number of alkyl halides is 3. The van der Waals surface area contributed by atoms with E-state index in [0.717, 1.165) is 18.5 Å². The Balaban J connectivity index is 1.56. The van der Waals surface area contributed by atoms with Gasteiger partial charge in [0.05, 0.1) is 12.6 Å². The molecule has 0 unspecified atom stereocenters. The standard InChI is InChI=1S/C19H25ClF3N3O/c1-25-9-8-16(17(25)13-2-4-15(20)5-3-13)24-18(27)14-6-10-26(11-7-14)12-19(21,22)23/h2-5,14,16-17H,6-12H2,1H3,(H,24,27)/t16-,17-/m0/s1. The molecular weight excluding hydrogens is 379 g/mol. The third-order valence-electron chi connectivity index (χ3n) is 5.55. The van der Waals surface area contributed by atoms with E-state index < -0.39 is 12.7 Å². The van der Waals surface area contributed by atoms with Crippen LogP contribution in [0.3, 0.4) is 0 Å². The van der Waals surface area contributed by atoms with Gasteiger partial charge >= 0.3 is 6.18 Å². The molecule has 0 bridgehead atoms. The molecule has 2 atom stereocenters. The monoisotopic (exact) mass is 403 g/mol. The predicted octanol–water partition coefficient (Wildman–Crippen LogP) is 3.48. The van der Waals surface area contributed by atoms with Gasteiger partial charge in [-0.25, -0.2) is 0 Å². The number of amides is 1. The summed E-state index contributed by atoms with van der Waals surface area (Å²) < 4.78 is 37.5. The van der Waals surface area contributed by atoms with Crippen LogP contribution in [-0.2, 0) is 4.79 Å². The maximum atomic E-state index is 12.7. The Labute approximate surface area is 162 Å². The molecule has 2 fully saturated rings. The molecule has 1 N–H and O–H groups in total. The minimum Gasteiger partial charge on any atom is -0.351 e. The Bertz CT molecular complexity index is 645. The van der Waals surface area contributed by atoms with E-state index in [9.17, 15) is 18.0 Å². The van der Waals surface area contributed by atoms with Crippen molar-refractivity contribution in [3.05, 3.63) is 34.9 Å². The molecule has 0 aromatic heterocycles. The summed E-state index contributed by atoms with van der Waals surface area (Å²) in [5.41, 5.74) is 1.10. The summed E-state index contributed by atoms with van der Waals surface area (Å²) in [5.74, 6) is -0.257. The number of halogens is 4. The van der Waals surface area contributed by atoms with Gasteiger partial charge in [0.2, 0.25) is 5.91 Å². The Kier molecular flexibility index (Phi) is 6.33. The van der Waals surface area contributed by atoms with Gasteiger partial charge in [0.1, 0.15) is 0 Å². The highest BCUT2D eigenvalue weighted by Crippen LogP contribution is 2.32. The molecule has 2 aliphatic heterocycles. The van der Waals surface area contributed by atoms with E-state index in [0.29, 0.717) is 31.0 Å². The van der Waals surface area contributed by atoms with E-state index in [1.807, 2.05) is 31.3 Å². The van der Waals surface area contributed by atoms with Crippen molar-refractivity contribution in [3.63, 3.8) is 0 Å². The minimum atomic E-state index is -4.19. The van der Waals surface area contributed by atoms with Crippen molar-refractivity contribution in [1.82, 2.24) is 15.1 Å². The van der Waals surface area contributed by atoms with Gasteiger partial charge in [-0.2, -0.15) is 13.2 Å². The Morgan fingerprint density at radius 1 is 1.15 bits per heavy atom. The maximum absolute atomic E-state index is 12.7. The number of benzene rings is 1. The van der Waals surface area contributed by atoms with Crippen molar-refractivity contribution in [3.8, 4) is 0 Å². The fourth-order valence-corrected chi connectivity index (χ4v) is 4.28. The first-order valence-corrected chi connectivity index (χ1v) is 9.66. The van der Waals surface area contributed by atoms with Crippen LogP contribution in [0.4, 0.5) is 13.2 Å². The van der Waals surface area contributed by atoms with E-state index in [1.54, 1.807) is 0 Å². The number of carbonyl (C=O) groups excluding carboxylic acids is 1. The van der Waals surface area contributed by atoms with Gasteiger partial charge in [0, 0.05) is 23.5 Å². The first-order chi connectivity index (χ1) is 12.7. The number of likely N-dealkylation sites (N-methyl/N-ethyl adjacent to an activating group) is 1. The number of carbonyl (C=O) groups is 1. The lowest BCUT2D eigenvalue weighted by Crippen LogP contribution is -2.46. The zero-order chi connectivity index (χ0) is 19.6. The first kappa shape index (κ1) is 20.4. The molecule has 1 aromatic carbocycles. The van der Waals surface area contributed by atoms with Gasteiger partial charge in [-0.05, 0) is 57.1 Å². The van der Waals surface area contributed by atoms with Gasteiger partial charge in [-0.1, -0.05) is 23.7 Å². The van der Waals surface area contributed by atoms with Crippen molar-refractivity contribution in [2.45, 2.75) is 37.5 Å². The second-order valence-corrected chi connectivity index (χ2v) is 7.98. The van der Waals surface area contributed by atoms with Crippen molar-refractivity contribution in [2.24, 2.45) is 5.92 Å². The fourth-order valence-electron chi connectivity index (χ4n) is 4.15. The summed E-state index contributed by atoms with van der Waals surface area (Å²) in [6.07, 6.45) is -2.40. The van der Waals surface area contributed by atoms with E-state index in [1.165, 1.54) is 4.90 Å². The zero-order valence-corrected chi connectivity index (χ0v) is 16.1. The highest BCUT2D eigenvalue weighted by atomic mass is 35.5. The maximum Gasteiger partial charge on any atom is 0.401 e. The highest BCUT2D eigenvalue weighted by Gasteiger charge is 2.37. The van der Waals surface area contributed by atoms with Crippen LogP contribution in [0.2, 0.25) is 5.02 Å². The van der Waals surface area contributed by atoms with Crippen molar-refractivity contribution >= 4 is 17.5 Å². The molecule has 0 aliphatic carbocycles. The number of rotatable bonds is 4. The molecule has 27 heavy (non-hydrogen) atoms. The second kappa shape index (κ2) is 8.37. The molecule has 0 radical (unpaired) electrons. The number of hydrogen-bond acceptors (Lipinski definition) is 3. The number of hydrogen-bond donors (Lipinski definition) is 1. The smallest absolute Gasteiger partial charge is 0.351 e. The third-order valence-corrected chi connectivity index (χ3v) is 5.80. The van der Waals surface area contributed by atoms with Crippen LogP contribution in [-0.4, -0.2) is 61.2 Å². The Morgan fingerprint density at radius 2 is 1.78 bits per heavy atom. The van der Waals surface area contributed by atoms with Crippen LogP contribution in [0.1, 0.15) is 30.9 Å². The molecule has 4 nitrogen and oxygen atoms in total. The second-order valence-electron chi connectivity index (χ2n) is 7.55. The average molecular weight is 404 g/mol. The number of likely N-dealkylation sites (tertiary alicyclic amines) is 2. The Morgan fingerprint density at radius 3 is 2.37 bits per heavy atom. The molecule has 2 aliphatic rings. The summed E-state index contributed by atoms with van der Waals surface area (Å²) in [7, 11) is 2.03. The quantitative estimate of drug-likeness (QED) is 0.836. The number of nitrogens with one attached hydrogen (secondary N) is 1. The predicted molar refractivity (Wildman–Crippen MR) is 98.6 cm³/mol. The molecule has 0 saturated carbocycles. The number of nitrogens with zero attached hydrogens (tertiary/aromatic N) is 2. The van der Waals surface area contributed by atoms with Gasteiger partial charge in [-0.15, -0.1) is 0 Å². The molecule has 8 heteroatoms. The largest absolute Gasteiger partial charge is 0.401 e. The van der Waals surface area contributed by atoms with Crippen LogP contribution in [0.25, 0.3) is 0 Å². The normalized spacial score (nSPS) is 25.7. The third kappa shape index (κ3) is 5.36. The van der Waals surface area contributed by atoms with E-state index in [-0.39, 0.29) is 23.9 Å². The minimum absolute atomic E-state index is 0.00289. The summed E-state index contributed by atoms with van der Waals surface area (Å²) in [6.45, 7) is 0.598. The first-order valence-electron chi connectivity index (χ1n) is 9.28. The molecule has 1 amide bonds. The lowest BCUT2D eigenvalue weighted by Gasteiger charge is -2.33. The van der Waals surface area contributed by atoms with Crippen LogP contribution >= 0.6 is 11.6 Å². The zero-order valence-electron chi connectivity index (χ0n) is 15.3. The van der Waals surface area contributed by atoms with Crippen molar-refractivity contribution in [2.75, 3.05) is 33.2 Å². The highest BCUT2D eigenvalue weighted by molar-refractivity contribution is 6.30. The fraction of sp³-hybridized carbons (Fsp3) is 0.632. The van der Waals surface area contributed by atoms with Crippen LogP contribution in [0.5, 0.6) is 0 Å². The molecule has 3 rings (SSSR count). The summed E-state index contributed by atoms with van der Waals surface area (Å²) in [5, 5.41) is 3.82. The summed E-state index contributed by atoms with van der Waals surface area (Å²) in [6, 6.07) is 7.72. The summed E-state index contributed by atoms with van der Waals surface area (Å²) in [4.78, 5) is 16.3. The lowest BCUT2D eigenvalue weighted by atomic mass is 9.94. The lowest BCUT2D eigenvalue weighted by molar-refractivity contribution is -0.149. The van der Waals surface area contributed by atoms with E-state index in [2.05, 4.69) is 10.2 Å². The van der Waals surface area contributed by atoms with Crippen LogP contribution in [0.15, 0.2) is 24.3 Å². The molecule has 2 saturated heterocycles. The van der Waals surface area contributed by atoms with Gasteiger partial charge < -0.3 is 5.32 Å². The van der Waals surface area contributed by atoms with Crippen LogP contribution < -0.4 is 5.32 Å². The molecular formula is C19H25ClF3N3O. The van der Waals surface area contributed by atoms with Gasteiger partial charge in [-0.3, -0.25) is 14.6 Å². The number of piperidine rings is 1. The van der Waals surface area contributed by atoms with Crippen LogP contribution in [0, 0.1) is 5.92 Å². The topological polar surface area (TPSA) is 35.6 Å². The SMILES string of the molecule is CN1CC[C@H](NC(=O)C2CCN(CC(F)(F)F)CC2)[C@@H]1c1ccc(Cl)cc1. The molecule has 150 valence electrons. The van der Waals surface area contributed by atoms with Gasteiger partial charge in [0.15, 0.2) is 0 Å². The van der Waals surface area contributed by atoms with Crippen molar-refractivity contribution < 1.29 is 18.0 Å². The molecule has 1 aromatic rings. The molecule has 0 spiro atoms. The summed E-state index contributed by atoms with van der Waals surface area (Å²) >= 11 is 5.97. The average Bonchev–Trinajstić information content (AvgIpc) is 2.95. The Hall–Kier alpha value is -1.31. The molecule has 2 heterocycles. The van der Waals surface area contributed by atoms with E-state index >= 15 is 0 Å². The van der Waals surface area contributed by atoms with Gasteiger partial charge in [0.25, 0.3) is 0 Å².